The number of rotatable bonds is 1. The highest BCUT2D eigenvalue weighted by Gasteiger charge is 2.39. The number of carbonyl (C=O) groups excluding carboxylic acids is 1. The fraction of sp³-hybridized carbons (Fsp3) is 0.267. The SMILES string of the molecule is CC1(c2ccccc2)CCn2cccc2C1=O. The molecule has 1 aromatic carbocycles. The fourth-order valence-electron chi connectivity index (χ4n) is 2.64. The molecule has 0 aliphatic carbocycles. The Hall–Kier alpha value is -1.83. The second kappa shape index (κ2) is 3.59. The first kappa shape index (κ1) is 10.3. The first-order valence-electron chi connectivity index (χ1n) is 5.97. The van der Waals surface area contributed by atoms with Crippen molar-refractivity contribution in [3.8, 4) is 0 Å². The van der Waals surface area contributed by atoms with E-state index in [4.69, 9.17) is 0 Å². The van der Waals surface area contributed by atoms with E-state index in [1.165, 1.54) is 0 Å². The fourth-order valence-corrected chi connectivity index (χ4v) is 2.64. The largest absolute Gasteiger partial charge is 0.345 e. The normalized spacial score (nSPS) is 23.5. The predicted octanol–water partition coefficient (Wildman–Crippen LogP) is 3.03. The smallest absolute Gasteiger partial charge is 0.189 e. The van der Waals surface area contributed by atoms with Crippen LogP contribution in [0.3, 0.4) is 0 Å². The molecular weight excluding hydrogens is 210 g/mol. The van der Waals surface area contributed by atoms with Crippen molar-refractivity contribution in [2.24, 2.45) is 0 Å². The molecule has 0 bridgehead atoms. The Labute approximate surface area is 101 Å². The lowest BCUT2D eigenvalue weighted by Gasteiger charge is -2.33. The van der Waals surface area contributed by atoms with Gasteiger partial charge in [-0.1, -0.05) is 30.3 Å². The van der Waals surface area contributed by atoms with Crippen LogP contribution in [0.25, 0.3) is 0 Å². The Morgan fingerprint density at radius 1 is 1.12 bits per heavy atom. The average molecular weight is 225 g/mol. The summed E-state index contributed by atoms with van der Waals surface area (Å²) in [5, 5.41) is 0. The Bertz CT molecular complexity index is 555. The summed E-state index contributed by atoms with van der Waals surface area (Å²) in [5.74, 6) is 0.236. The van der Waals surface area contributed by atoms with Crippen molar-refractivity contribution >= 4 is 5.78 Å². The van der Waals surface area contributed by atoms with E-state index in [2.05, 4.69) is 19.1 Å². The molecule has 1 aliphatic heterocycles. The van der Waals surface area contributed by atoms with E-state index in [0.717, 1.165) is 24.2 Å². The van der Waals surface area contributed by atoms with Crippen molar-refractivity contribution in [1.82, 2.24) is 4.57 Å². The second-order valence-electron chi connectivity index (χ2n) is 4.86. The number of aryl methyl sites for hydroxylation is 1. The van der Waals surface area contributed by atoms with E-state index >= 15 is 0 Å². The number of aromatic nitrogens is 1. The van der Waals surface area contributed by atoms with Gasteiger partial charge in [0, 0.05) is 12.7 Å². The first-order valence-corrected chi connectivity index (χ1v) is 5.97. The molecule has 0 radical (unpaired) electrons. The van der Waals surface area contributed by atoms with Crippen LogP contribution in [-0.2, 0) is 12.0 Å². The van der Waals surface area contributed by atoms with Crippen LogP contribution in [0.15, 0.2) is 48.7 Å². The zero-order chi connectivity index (χ0) is 11.9. The summed E-state index contributed by atoms with van der Waals surface area (Å²) < 4.78 is 2.05. The van der Waals surface area contributed by atoms with Gasteiger partial charge in [0.15, 0.2) is 5.78 Å². The molecule has 0 saturated heterocycles. The van der Waals surface area contributed by atoms with Gasteiger partial charge in [-0.3, -0.25) is 4.79 Å². The molecule has 2 heterocycles. The molecule has 0 spiro atoms. The van der Waals surface area contributed by atoms with Gasteiger partial charge in [0.1, 0.15) is 0 Å². The summed E-state index contributed by atoms with van der Waals surface area (Å²) >= 11 is 0. The molecule has 1 aliphatic rings. The van der Waals surface area contributed by atoms with E-state index in [1.54, 1.807) is 0 Å². The number of hydrogen-bond donors (Lipinski definition) is 0. The molecule has 1 unspecified atom stereocenters. The zero-order valence-corrected chi connectivity index (χ0v) is 9.89. The molecule has 1 atom stereocenters. The molecule has 3 rings (SSSR count). The minimum atomic E-state index is -0.365. The molecule has 0 N–H and O–H groups in total. The summed E-state index contributed by atoms with van der Waals surface area (Å²) in [4.78, 5) is 12.6. The highest BCUT2D eigenvalue weighted by Crippen LogP contribution is 2.35. The van der Waals surface area contributed by atoms with Gasteiger partial charge in [0.05, 0.1) is 11.1 Å². The van der Waals surface area contributed by atoms with Gasteiger partial charge < -0.3 is 4.57 Å². The highest BCUT2D eigenvalue weighted by atomic mass is 16.1. The third kappa shape index (κ3) is 1.44. The van der Waals surface area contributed by atoms with Gasteiger partial charge >= 0.3 is 0 Å². The van der Waals surface area contributed by atoms with Crippen molar-refractivity contribution in [3.63, 3.8) is 0 Å². The molecule has 86 valence electrons. The van der Waals surface area contributed by atoms with Crippen LogP contribution < -0.4 is 0 Å². The minimum absolute atomic E-state index is 0.236. The van der Waals surface area contributed by atoms with Crippen molar-refractivity contribution in [3.05, 3.63) is 59.9 Å². The van der Waals surface area contributed by atoms with Crippen LogP contribution in [0.2, 0.25) is 0 Å². The lowest BCUT2D eigenvalue weighted by atomic mass is 9.73. The van der Waals surface area contributed by atoms with Crippen LogP contribution >= 0.6 is 0 Å². The molecule has 0 fully saturated rings. The topological polar surface area (TPSA) is 22.0 Å². The van der Waals surface area contributed by atoms with Gasteiger partial charge in [-0.15, -0.1) is 0 Å². The Morgan fingerprint density at radius 3 is 2.65 bits per heavy atom. The van der Waals surface area contributed by atoms with Crippen molar-refractivity contribution in [2.45, 2.75) is 25.3 Å². The second-order valence-corrected chi connectivity index (χ2v) is 4.86. The van der Waals surface area contributed by atoms with Crippen molar-refractivity contribution in [2.75, 3.05) is 0 Å². The van der Waals surface area contributed by atoms with Crippen LogP contribution in [-0.4, -0.2) is 10.4 Å². The standard InChI is InChI=1S/C15H15NO/c1-15(12-6-3-2-4-7-12)9-11-16-10-5-8-13(16)14(15)17/h2-8,10H,9,11H2,1H3. The summed E-state index contributed by atoms with van der Waals surface area (Å²) in [6, 6.07) is 14.0. The molecule has 2 nitrogen and oxygen atoms in total. The maximum atomic E-state index is 12.6. The number of hydrogen-bond acceptors (Lipinski definition) is 1. The van der Waals surface area contributed by atoms with Gasteiger partial charge in [-0.2, -0.15) is 0 Å². The Balaban J connectivity index is 2.09. The van der Waals surface area contributed by atoms with Gasteiger partial charge in [-0.05, 0) is 31.0 Å². The molecule has 2 heteroatoms. The van der Waals surface area contributed by atoms with Crippen LogP contribution in [0.4, 0.5) is 0 Å². The minimum Gasteiger partial charge on any atom is -0.345 e. The zero-order valence-electron chi connectivity index (χ0n) is 9.89. The van der Waals surface area contributed by atoms with Crippen molar-refractivity contribution in [1.29, 1.82) is 0 Å². The number of benzene rings is 1. The third-order valence-electron chi connectivity index (χ3n) is 3.83. The number of nitrogens with zero attached hydrogens (tertiary/aromatic N) is 1. The van der Waals surface area contributed by atoms with Crippen LogP contribution in [0, 0.1) is 0 Å². The molecule has 1 aromatic heterocycles. The average Bonchev–Trinajstić information content (AvgIpc) is 2.84. The lowest BCUT2D eigenvalue weighted by molar-refractivity contribution is 0.0849. The summed E-state index contributed by atoms with van der Waals surface area (Å²) in [6.45, 7) is 2.97. The highest BCUT2D eigenvalue weighted by molar-refractivity contribution is 6.03. The monoisotopic (exact) mass is 225 g/mol. The third-order valence-corrected chi connectivity index (χ3v) is 3.83. The Morgan fingerprint density at radius 2 is 1.88 bits per heavy atom. The number of carbonyl (C=O) groups is 1. The summed E-state index contributed by atoms with van der Waals surface area (Å²) in [7, 11) is 0. The van der Waals surface area contributed by atoms with E-state index in [0.29, 0.717) is 0 Å². The van der Waals surface area contributed by atoms with E-state index < -0.39 is 0 Å². The molecule has 2 aromatic rings. The quantitative estimate of drug-likeness (QED) is 0.731. The van der Waals surface area contributed by atoms with E-state index in [-0.39, 0.29) is 11.2 Å². The number of ketones is 1. The van der Waals surface area contributed by atoms with E-state index in [1.807, 2.05) is 41.1 Å². The molecule has 0 saturated carbocycles. The van der Waals surface area contributed by atoms with Crippen molar-refractivity contribution < 1.29 is 4.79 Å². The maximum Gasteiger partial charge on any atom is 0.189 e. The predicted molar refractivity (Wildman–Crippen MR) is 67.2 cm³/mol. The number of fused-ring (bicyclic) bond motifs is 1. The summed E-state index contributed by atoms with van der Waals surface area (Å²) in [6.07, 6.45) is 2.86. The molecule has 0 amide bonds. The van der Waals surface area contributed by atoms with Gasteiger partial charge in [0.2, 0.25) is 0 Å². The van der Waals surface area contributed by atoms with Gasteiger partial charge in [-0.25, -0.2) is 0 Å². The first-order chi connectivity index (χ1) is 8.22. The molecule has 17 heavy (non-hydrogen) atoms. The summed E-state index contributed by atoms with van der Waals surface area (Å²) in [5.41, 5.74) is 1.59. The van der Waals surface area contributed by atoms with Gasteiger partial charge in [0.25, 0.3) is 0 Å². The van der Waals surface area contributed by atoms with Crippen LogP contribution in [0.1, 0.15) is 29.4 Å². The van der Waals surface area contributed by atoms with Crippen LogP contribution in [0.5, 0.6) is 0 Å². The number of Topliss-reactive ketones (excluding diaryl/α,β-unsaturated/α-hetero) is 1. The lowest BCUT2D eigenvalue weighted by Crippen LogP contribution is -2.39. The maximum absolute atomic E-state index is 12.6. The molecular formula is C15H15NO. The van der Waals surface area contributed by atoms with E-state index in [9.17, 15) is 4.79 Å². The Kier molecular flexibility index (Phi) is 2.18.